The van der Waals surface area contributed by atoms with E-state index in [1.54, 1.807) is 6.08 Å². The van der Waals surface area contributed by atoms with E-state index in [1.165, 1.54) is 83.5 Å². The second-order valence-electron chi connectivity index (χ2n) is 17.6. The van der Waals surface area contributed by atoms with E-state index < -0.39 is 67.4 Å². The smallest absolute Gasteiger partial charge is 0.306 e. The highest BCUT2D eigenvalue weighted by Crippen LogP contribution is 2.26. The van der Waals surface area contributed by atoms with Crippen molar-refractivity contribution >= 4 is 11.9 Å². The predicted molar refractivity (Wildman–Crippen MR) is 269 cm³/mol. The number of aliphatic hydroxyl groups is 5. The maximum atomic E-state index is 13.3. The first kappa shape index (κ1) is 60.9. The highest BCUT2D eigenvalue weighted by atomic mass is 16.7. The number of carbonyl (C=O) groups excluding carboxylic acids is 2. The Morgan fingerprint density at radius 3 is 1.67 bits per heavy atom. The van der Waals surface area contributed by atoms with Crippen LogP contribution in [0.1, 0.15) is 188 Å². The van der Waals surface area contributed by atoms with Gasteiger partial charge >= 0.3 is 5.97 Å². The quantitative estimate of drug-likeness (QED) is 0.0150. The SMILES string of the molecule is CC/C=C/C=C/C=C\C=C/C=C/CCCC(=O)OC1C(OCC(NC(=O)C(O)CCCC/C=C\CCCCCCCCC)C(O)/C=C/CCCCCCCCCCC)OC(CO)C(O)C1O. The van der Waals surface area contributed by atoms with Crippen molar-refractivity contribution in [2.75, 3.05) is 13.2 Å². The molecular formula is C55H93NO10. The number of amides is 1. The first-order valence-corrected chi connectivity index (χ1v) is 25.9. The molecule has 0 saturated carbocycles. The Balaban J connectivity index is 2.85. The third-order valence-corrected chi connectivity index (χ3v) is 11.7. The van der Waals surface area contributed by atoms with Crippen molar-refractivity contribution < 1.29 is 49.3 Å². The molecule has 8 unspecified atom stereocenters. The number of rotatable bonds is 41. The number of aliphatic hydroxyl groups excluding tert-OH is 5. The van der Waals surface area contributed by atoms with Crippen LogP contribution in [0.3, 0.4) is 0 Å². The highest BCUT2D eigenvalue weighted by Gasteiger charge is 2.47. The van der Waals surface area contributed by atoms with Crippen LogP contribution in [0.5, 0.6) is 0 Å². The molecule has 1 aliphatic heterocycles. The zero-order chi connectivity index (χ0) is 48.3. The summed E-state index contributed by atoms with van der Waals surface area (Å²) in [6.45, 7) is 5.53. The Labute approximate surface area is 400 Å². The molecule has 11 nitrogen and oxygen atoms in total. The van der Waals surface area contributed by atoms with Crippen LogP contribution in [0.25, 0.3) is 0 Å². The van der Waals surface area contributed by atoms with Gasteiger partial charge in [0, 0.05) is 6.42 Å². The minimum atomic E-state index is -1.65. The molecule has 378 valence electrons. The Morgan fingerprint density at radius 1 is 0.606 bits per heavy atom. The van der Waals surface area contributed by atoms with Gasteiger partial charge in [-0.2, -0.15) is 0 Å². The van der Waals surface area contributed by atoms with Gasteiger partial charge in [0.05, 0.1) is 25.4 Å². The van der Waals surface area contributed by atoms with Gasteiger partial charge in [-0.25, -0.2) is 0 Å². The molecule has 1 rings (SSSR count). The average Bonchev–Trinajstić information content (AvgIpc) is 3.31. The van der Waals surface area contributed by atoms with E-state index in [1.807, 2.05) is 60.8 Å². The zero-order valence-corrected chi connectivity index (χ0v) is 41.3. The normalized spacial score (nSPS) is 20.9. The zero-order valence-electron chi connectivity index (χ0n) is 41.3. The molecule has 6 N–H and O–H groups in total. The topological polar surface area (TPSA) is 175 Å². The number of hydrogen-bond acceptors (Lipinski definition) is 10. The van der Waals surface area contributed by atoms with Gasteiger partial charge in [-0.1, -0.05) is 202 Å². The second kappa shape index (κ2) is 43.1. The lowest BCUT2D eigenvalue weighted by molar-refractivity contribution is -0.305. The minimum absolute atomic E-state index is 0.0219. The maximum absolute atomic E-state index is 13.3. The molecule has 8 atom stereocenters. The van der Waals surface area contributed by atoms with Gasteiger partial charge in [0.1, 0.15) is 24.4 Å². The predicted octanol–water partition coefficient (Wildman–Crippen LogP) is 10.7. The maximum Gasteiger partial charge on any atom is 0.306 e. The van der Waals surface area contributed by atoms with Crippen LogP contribution in [0.2, 0.25) is 0 Å². The summed E-state index contributed by atoms with van der Waals surface area (Å²) in [5.74, 6) is -1.30. The number of hydrogen-bond donors (Lipinski definition) is 6. The molecule has 0 aliphatic carbocycles. The van der Waals surface area contributed by atoms with Crippen LogP contribution in [0.4, 0.5) is 0 Å². The van der Waals surface area contributed by atoms with E-state index in [0.29, 0.717) is 19.3 Å². The Kier molecular flexibility index (Phi) is 39.8. The van der Waals surface area contributed by atoms with Crippen LogP contribution in [0, 0.1) is 0 Å². The molecule has 1 amide bonds. The average molecular weight is 928 g/mol. The molecule has 1 aliphatic rings. The van der Waals surface area contributed by atoms with Gasteiger partial charge in [0.25, 0.3) is 0 Å². The van der Waals surface area contributed by atoms with Crippen molar-refractivity contribution in [2.24, 2.45) is 0 Å². The number of allylic oxidation sites excluding steroid dienone is 13. The fourth-order valence-electron chi connectivity index (χ4n) is 7.50. The summed E-state index contributed by atoms with van der Waals surface area (Å²) >= 11 is 0. The number of ether oxygens (including phenoxy) is 3. The van der Waals surface area contributed by atoms with Crippen LogP contribution >= 0.6 is 0 Å². The third-order valence-electron chi connectivity index (χ3n) is 11.7. The molecule has 11 heteroatoms. The molecular weight excluding hydrogens is 835 g/mol. The van der Waals surface area contributed by atoms with Crippen molar-refractivity contribution in [3.63, 3.8) is 0 Å². The molecule has 0 spiro atoms. The molecule has 0 bridgehead atoms. The molecule has 66 heavy (non-hydrogen) atoms. The summed E-state index contributed by atoms with van der Waals surface area (Å²) in [6, 6.07) is -1.05. The molecule has 0 radical (unpaired) electrons. The van der Waals surface area contributed by atoms with E-state index in [4.69, 9.17) is 14.2 Å². The van der Waals surface area contributed by atoms with Crippen molar-refractivity contribution in [2.45, 2.75) is 237 Å². The fraction of sp³-hybridized carbons (Fsp3) is 0.709. The van der Waals surface area contributed by atoms with Crippen molar-refractivity contribution in [1.82, 2.24) is 5.32 Å². The molecule has 1 heterocycles. The first-order chi connectivity index (χ1) is 32.2. The van der Waals surface area contributed by atoms with Gasteiger partial charge in [0.2, 0.25) is 5.91 Å². The van der Waals surface area contributed by atoms with E-state index in [2.05, 4.69) is 44.3 Å². The van der Waals surface area contributed by atoms with Crippen LogP contribution in [-0.2, 0) is 23.8 Å². The van der Waals surface area contributed by atoms with Gasteiger partial charge in [-0.05, 0) is 64.2 Å². The van der Waals surface area contributed by atoms with Crippen molar-refractivity contribution in [3.05, 3.63) is 85.1 Å². The van der Waals surface area contributed by atoms with Crippen molar-refractivity contribution in [3.8, 4) is 0 Å². The van der Waals surface area contributed by atoms with Gasteiger partial charge in [-0.3, -0.25) is 9.59 Å². The van der Waals surface area contributed by atoms with E-state index >= 15 is 0 Å². The summed E-state index contributed by atoms with van der Waals surface area (Å²) < 4.78 is 17.4. The van der Waals surface area contributed by atoms with E-state index in [9.17, 15) is 35.1 Å². The van der Waals surface area contributed by atoms with Crippen LogP contribution in [-0.4, -0.2) is 99.6 Å². The minimum Gasteiger partial charge on any atom is -0.454 e. The molecule has 1 fully saturated rings. The number of esters is 1. The highest BCUT2D eigenvalue weighted by molar-refractivity contribution is 5.80. The van der Waals surface area contributed by atoms with Crippen LogP contribution < -0.4 is 5.32 Å². The Morgan fingerprint density at radius 2 is 1.11 bits per heavy atom. The number of nitrogens with one attached hydrogen (secondary N) is 1. The molecule has 0 aromatic rings. The largest absolute Gasteiger partial charge is 0.454 e. The lowest BCUT2D eigenvalue weighted by Gasteiger charge is -2.41. The fourth-order valence-corrected chi connectivity index (χ4v) is 7.50. The summed E-state index contributed by atoms with van der Waals surface area (Å²) in [5, 5.41) is 56.5. The Hall–Kier alpha value is -3.16. The lowest BCUT2D eigenvalue weighted by atomic mass is 9.99. The lowest BCUT2D eigenvalue weighted by Crippen LogP contribution is -2.61. The second-order valence-corrected chi connectivity index (χ2v) is 17.6. The molecule has 0 aromatic heterocycles. The van der Waals surface area contributed by atoms with E-state index in [0.717, 1.165) is 51.4 Å². The summed E-state index contributed by atoms with van der Waals surface area (Å²) in [4.78, 5) is 26.3. The summed E-state index contributed by atoms with van der Waals surface area (Å²) in [7, 11) is 0. The van der Waals surface area contributed by atoms with Crippen molar-refractivity contribution in [1.29, 1.82) is 0 Å². The molecule has 0 aromatic carbocycles. The van der Waals surface area contributed by atoms with Gasteiger partial charge < -0.3 is 45.1 Å². The first-order valence-electron chi connectivity index (χ1n) is 25.9. The number of carbonyl (C=O) groups is 2. The third kappa shape index (κ3) is 31.7. The van der Waals surface area contributed by atoms with E-state index in [-0.39, 0.29) is 19.4 Å². The monoisotopic (exact) mass is 928 g/mol. The summed E-state index contributed by atoms with van der Waals surface area (Å²) in [5.41, 5.74) is 0. The van der Waals surface area contributed by atoms with Gasteiger partial charge in [0.15, 0.2) is 12.4 Å². The Bertz CT molecular complexity index is 1390. The standard InChI is InChI=1S/C55H93NO10/c1-4-7-10-13-16-19-22-24-27-30-33-36-39-42-48(59)54(63)56-46(47(58)41-38-35-32-29-26-21-18-15-12-9-6-3)45-64-55-53(52(62)51(61)49(44-57)65-55)66-50(60)43-40-37-34-31-28-25-23-20-17-14-11-8-5-2/h8,11,14,17,20,23,25,27-28,30-31,34,38,41,46-49,51-53,55,57-59,61-62H,4-7,9-10,12-13,15-16,18-19,21-22,24,26,29,32-33,35-37,39-40,42-45H2,1-3H3,(H,56,63)/b11-8+,17-14+,23-20-,28-25-,30-27-,34-31+,41-38+. The van der Waals surface area contributed by atoms with Crippen LogP contribution in [0.15, 0.2) is 85.1 Å². The number of unbranched alkanes of at least 4 members (excludes halogenated alkanes) is 19. The molecule has 1 saturated heterocycles. The van der Waals surface area contributed by atoms with Gasteiger partial charge in [-0.15, -0.1) is 0 Å². The summed E-state index contributed by atoms with van der Waals surface area (Å²) in [6.07, 6.45) is 43.7.